The molecule has 6 nitrogen and oxygen atoms in total. The van der Waals surface area contributed by atoms with E-state index in [1.54, 1.807) is 13.8 Å². The van der Waals surface area contributed by atoms with Crippen molar-refractivity contribution in [3.63, 3.8) is 0 Å². The second-order valence-electron chi connectivity index (χ2n) is 5.17. The predicted octanol–water partition coefficient (Wildman–Crippen LogP) is 1.21. The first-order valence-corrected chi connectivity index (χ1v) is 6.36. The van der Waals surface area contributed by atoms with Gasteiger partial charge in [-0.2, -0.15) is 0 Å². The highest BCUT2D eigenvalue weighted by atomic mass is 16.6. The van der Waals surface area contributed by atoms with Gasteiger partial charge in [0.25, 0.3) is 0 Å². The summed E-state index contributed by atoms with van der Waals surface area (Å²) in [5, 5.41) is 0. The summed E-state index contributed by atoms with van der Waals surface area (Å²) in [5.41, 5.74) is -0.652. The molecule has 0 radical (unpaired) electrons. The Morgan fingerprint density at radius 1 is 1.47 bits per heavy atom. The van der Waals surface area contributed by atoms with Crippen LogP contribution < -0.4 is 0 Å². The van der Waals surface area contributed by atoms with Crippen LogP contribution in [0.15, 0.2) is 0 Å². The molecular formula is C13H20O6. The van der Waals surface area contributed by atoms with Gasteiger partial charge in [-0.3, -0.25) is 4.79 Å². The number of carbonyl (C=O) groups is 3. The first-order chi connectivity index (χ1) is 8.77. The molecule has 108 valence electrons. The molecule has 19 heavy (non-hydrogen) atoms. The maximum absolute atomic E-state index is 11.8. The van der Waals surface area contributed by atoms with Crippen LogP contribution in [0, 0.1) is 5.41 Å². The van der Waals surface area contributed by atoms with Crippen molar-refractivity contribution in [2.75, 3.05) is 6.61 Å². The fourth-order valence-corrected chi connectivity index (χ4v) is 1.33. The second kappa shape index (κ2) is 6.04. The van der Waals surface area contributed by atoms with E-state index in [9.17, 15) is 14.4 Å². The smallest absolute Gasteiger partial charge is 0.348 e. The van der Waals surface area contributed by atoms with Gasteiger partial charge in [0, 0.05) is 6.42 Å². The van der Waals surface area contributed by atoms with Crippen molar-refractivity contribution < 1.29 is 28.6 Å². The van der Waals surface area contributed by atoms with E-state index >= 15 is 0 Å². The lowest BCUT2D eigenvalue weighted by atomic mass is 9.90. The van der Waals surface area contributed by atoms with Crippen LogP contribution in [0.1, 0.15) is 40.5 Å². The normalized spacial score (nSPS) is 20.6. The molecule has 6 heteroatoms. The molecular weight excluding hydrogens is 252 g/mol. The number of esters is 3. The molecule has 0 bridgehead atoms. The number of rotatable bonds is 5. The van der Waals surface area contributed by atoms with E-state index in [1.807, 2.05) is 6.92 Å². The van der Waals surface area contributed by atoms with Gasteiger partial charge in [-0.05, 0) is 27.2 Å². The second-order valence-corrected chi connectivity index (χ2v) is 5.17. The topological polar surface area (TPSA) is 78.9 Å². The van der Waals surface area contributed by atoms with Gasteiger partial charge in [-0.25, -0.2) is 9.59 Å². The Morgan fingerprint density at radius 3 is 2.58 bits per heavy atom. The van der Waals surface area contributed by atoms with E-state index in [-0.39, 0.29) is 6.61 Å². The number of hydrogen-bond acceptors (Lipinski definition) is 6. The molecule has 1 fully saturated rings. The minimum atomic E-state index is -1.04. The fourth-order valence-electron chi connectivity index (χ4n) is 1.33. The van der Waals surface area contributed by atoms with Crippen molar-refractivity contribution in [1.29, 1.82) is 0 Å². The van der Waals surface area contributed by atoms with Crippen LogP contribution in [-0.2, 0) is 28.6 Å². The van der Waals surface area contributed by atoms with E-state index in [2.05, 4.69) is 4.74 Å². The highest BCUT2D eigenvalue weighted by Gasteiger charge is 2.34. The lowest BCUT2D eigenvalue weighted by Gasteiger charge is -2.23. The Bertz CT molecular complexity index is 373. The van der Waals surface area contributed by atoms with Crippen molar-refractivity contribution in [2.24, 2.45) is 5.41 Å². The zero-order valence-electron chi connectivity index (χ0n) is 11.7. The van der Waals surface area contributed by atoms with Gasteiger partial charge in [0.1, 0.15) is 0 Å². The van der Waals surface area contributed by atoms with Gasteiger partial charge in [-0.1, -0.05) is 6.92 Å². The van der Waals surface area contributed by atoms with Crippen LogP contribution in [0.4, 0.5) is 0 Å². The van der Waals surface area contributed by atoms with Gasteiger partial charge in [0.2, 0.25) is 6.10 Å². The molecule has 2 atom stereocenters. The van der Waals surface area contributed by atoms with Crippen molar-refractivity contribution in [2.45, 2.75) is 52.7 Å². The Hall–Kier alpha value is -1.59. The number of carbonyl (C=O) groups excluding carboxylic acids is 3. The van der Waals surface area contributed by atoms with Crippen molar-refractivity contribution >= 4 is 17.9 Å². The largest absolute Gasteiger partial charge is 0.463 e. The first-order valence-electron chi connectivity index (χ1n) is 6.36. The third-order valence-corrected chi connectivity index (χ3v) is 3.20. The average molecular weight is 272 g/mol. The molecule has 2 unspecified atom stereocenters. The maximum atomic E-state index is 11.8. The molecule has 0 spiro atoms. The molecule has 0 saturated carbocycles. The van der Waals surface area contributed by atoms with Crippen molar-refractivity contribution in [1.82, 2.24) is 0 Å². The third kappa shape index (κ3) is 3.94. The Kier molecular flexibility index (Phi) is 4.91. The first kappa shape index (κ1) is 15.5. The highest BCUT2D eigenvalue weighted by Crippen LogP contribution is 2.22. The van der Waals surface area contributed by atoms with E-state index in [4.69, 9.17) is 9.47 Å². The SMILES string of the molecule is CCC(C)(C)C(=O)OC(C)C(=O)OC1CCOC1=O. The number of hydrogen-bond donors (Lipinski definition) is 0. The predicted molar refractivity (Wildman–Crippen MR) is 65.1 cm³/mol. The molecule has 1 saturated heterocycles. The zero-order chi connectivity index (χ0) is 14.6. The summed E-state index contributed by atoms with van der Waals surface area (Å²) >= 11 is 0. The van der Waals surface area contributed by atoms with Crippen LogP contribution >= 0.6 is 0 Å². The summed E-state index contributed by atoms with van der Waals surface area (Å²) in [7, 11) is 0. The van der Waals surface area contributed by atoms with E-state index < -0.39 is 35.5 Å². The van der Waals surface area contributed by atoms with Gasteiger partial charge < -0.3 is 14.2 Å². The lowest BCUT2D eigenvalue weighted by Crippen LogP contribution is -2.35. The maximum Gasteiger partial charge on any atom is 0.348 e. The molecule has 1 aliphatic rings. The monoisotopic (exact) mass is 272 g/mol. The van der Waals surface area contributed by atoms with Crippen molar-refractivity contribution in [3.05, 3.63) is 0 Å². The number of cyclic esters (lactones) is 1. The molecule has 0 aromatic rings. The fraction of sp³-hybridized carbons (Fsp3) is 0.769. The minimum absolute atomic E-state index is 0.244. The van der Waals surface area contributed by atoms with E-state index in [0.717, 1.165) is 0 Å². The summed E-state index contributed by atoms with van der Waals surface area (Å²) in [4.78, 5) is 34.6. The molecule has 0 amide bonds. The summed E-state index contributed by atoms with van der Waals surface area (Å²) < 4.78 is 14.7. The van der Waals surface area contributed by atoms with Crippen LogP contribution in [0.2, 0.25) is 0 Å². The van der Waals surface area contributed by atoms with Crippen molar-refractivity contribution in [3.8, 4) is 0 Å². The Labute approximate surface area is 112 Å². The third-order valence-electron chi connectivity index (χ3n) is 3.20. The molecule has 0 aromatic heterocycles. The van der Waals surface area contributed by atoms with Crippen LogP contribution in [0.5, 0.6) is 0 Å². The Morgan fingerprint density at radius 2 is 2.11 bits per heavy atom. The molecule has 0 aliphatic carbocycles. The van der Waals surface area contributed by atoms with Gasteiger partial charge in [-0.15, -0.1) is 0 Å². The summed E-state index contributed by atoms with van der Waals surface area (Å²) in [5.74, 6) is -1.75. The van der Waals surface area contributed by atoms with Gasteiger partial charge >= 0.3 is 17.9 Å². The molecule has 0 N–H and O–H groups in total. The van der Waals surface area contributed by atoms with E-state index in [0.29, 0.717) is 12.8 Å². The van der Waals surface area contributed by atoms with Crippen LogP contribution in [0.3, 0.4) is 0 Å². The van der Waals surface area contributed by atoms with Gasteiger partial charge in [0.15, 0.2) is 6.10 Å². The molecule has 0 aromatic carbocycles. The van der Waals surface area contributed by atoms with Crippen LogP contribution in [0.25, 0.3) is 0 Å². The Balaban J connectivity index is 2.49. The average Bonchev–Trinajstić information content (AvgIpc) is 2.74. The van der Waals surface area contributed by atoms with Crippen LogP contribution in [-0.4, -0.2) is 36.7 Å². The quantitative estimate of drug-likeness (QED) is 0.553. The summed E-state index contributed by atoms with van der Waals surface area (Å²) in [6, 6.07) is 0. The van der Waals surface area contributed by atoms with Gasteiger partial charge in [0.05, 0.1) is 12.0 Å². The van der Waals surface area contributed by atoms with E-state index in [1.165, 1.54) is 6.92 Å². The molecule has 1 rings (SSSR count). The zero-order valence-corrected chi connectivity index (χ0v) is 11.7. The number of ether oxygens (including phenoxy) is 3. The summed E-state index contributed by atoms with van der Waals surface area (Å²) in [6.45, 7) is 7.00. The standard InChI is InChI=1S/C13H20O6/c1-5-13(3,4)12(16)18-8(2)10(14)19-9-6-7-17-11(9)15/h8-9H,5-7H2,1-4H3. The highest BCUT2D eigenvalue weighted by molar-refractivity contribution is 5.84. The summed E-state index contributed by atoms with van der Waals surface area (Å²) in [6.07, 6.45) is -0.978. The lowest BCUT2D eigenvalue weighted by molar-refractivity contribution is -0.177. The minimum Gasteiger partial charge on any atom is -0.463 e. The molecule has 1 aliphatic heterocycles. The molecule has 1 heterocycles.